The molecule has 0 radical (unpaired) electrons. The van der Waals surface area contributed by atoms with Gasteiger partial charge in [0, 0.05) is 11.1 Å². The highest BCUT2D eigenvalue weighted by atomic mass is 32.2. The van der Waals surface area contributed by atoms with E-state index >= 15 is 0 Å². The van der Waals surface area contributed by atoms with Crippen molar-refractivity contribution in [3.8, 4) is 0 Å². The SMILES string of the molecule is Cc1ccc(S(=O)(=O)N/N=C2\CCCCC2(Cc2ccccc2)Cc2ccccc2)cc1. The summed E-state index contributed by atoms with van der Waals surface area (Å²) in [6, 6.07) is 27.7. The summed E-state index contributed by atoms with van der Waals surface area (Å²) in [5.74, 6) is 0. The van der Waals surface area contributed by atoms with E-state index in [1.54, 1.807) is 24.3 Å². The van der Waals surface area contributed by atoms with Crippen molar-refractivity contribution in [2.24, 2.45) is 10.5 Å². The molecule has 0 atom stereocenters. The van der Waals surface area contributed by atoms with E-state index < -0.39 is 10.0 Å². The minimum absolute atomic E-state index is 0.212. The Morgan fingerprint density at radius 1 is 0.812 bits per heavy atom. The molecule has 1 N–H and O–H groups in total. The second-order valence-electron chi connectivity index (χ2n) is 8.78. The van der Waals surface area contributed by atoms with E-state index in [1.165, 1.54) is 11.1 Å². The quantitative estimate of drug-likeness (QED) is 0.475. The average molecular weight is 447 g/mol. The first-order chi connectivity index (χ1) is 15.5. The maximum Gasteiger partial charge on any atom is 0.276 e. The first-order valence-corrected chi connectivity index (χ1v) is 12.7. The molecule has 166 valence electrons. The number of hydrogen-bond acceptors (Lipinski definition) is 3. The molecule has 0 aliphatic heterocycles. The van der Waals surface area contributed by atoms with Gasteiger partial charge in [0.25, 0.3) is 10.0 Å². The minimum Gasteiger partial charge on any atom is -0.200 e. The van der Waals surface area contributed by atoms with E-state index in [9.17, 15) is 8.42 Å². The Labute approximate surface area is 191 Å². The Kier molecular flexibility index (Phi) is 6.75. The Bertz CT molecular complexity index is 1110. The Hall–Kier alpha value is -2.92. The van der Waals surface area contributed by atoms with Gasteiger partial charge in [0.2, 0.25) is 0 Å². The van der Waals surface area contributed by atoms with Crippen LogP contribution >= 0.6 is 0 Å². The highest BCUT2D eigenvalue weighted by molar-refractivity contribution is 7.89. The molecule has 3 aromatic rings. The van der Waals surface area contributed by atoms with E-state index in [-0.39, 0.29) is 10.3 Å². The van der Waals surface area contributed by atoms with Crippen LogP contribution in [0.3, 0.4) is 0 Å². The van der Waals surface area contributed by atoms with E-state index in [2.05, 4.69) is 58.5 Å². The monoisotopic (exact) mass is 446 g/mol. The lowest BCUT2D eigenvalue weighted by Gasteiger charge is -2.39. The second kappa shape index (κ2) is 9.70. The van der Waals surface area contributed by atoms with Crippen molar-refractivity contribution in [3.05, 3.63) is 102 Å². The number of hydrazone groups is 1. The highest BCUT2D eigenvalue weighted by Crippen LogP contribution is 2.40. The fraction of sp³-hybridized carbons (Fsp3) is 0.296. The van der Waals surface area contributed by atoms with Crippen LogP contribution in [-0.2, 0) is 22.9 Å². The smallest absolute Gasteiger partial charge is 0.200 e. The molecule has 1 aliphatic carbocycles. The van der Waals surface area contributed by atoms with Crippen molar-refractivity contribution in [2.75, 3.05) is 0 Å². The molecule has 32 heavy (non-hydrogen) atoms. The fourth-order valence-corrected chi connectivity index (χ4v) is 5.47. The number of nitrogens with zero attached hydrogens (tertiary/aromatic N) is 1. The average Bonchev–Trinajstić information content (AvgIpc) is 2.80. The standard InChI is InChI=1S/C27H30N2O2S/c1-22-15-17-25(18-16-22)32(30,31)29-28-26-14-8-9-19-27(26,20-23-10-4-2-5-11-23)21-24-12-6-3-7-13-24/h2-7,10-13,15-18,29H,8-9,14,19-21H2,1H3/b28-26+. The zero-order valence-electron chi connectivity index (χ0n) is 18.5. The second-order valence-corrected chi connectivity index (χ2v) is 10.4. The van der Waals surface area contributed by atoms with Crippen LogP contribution in [0.2, 0.25) is 0 Å². The van der Waals surface area contributed by atoms with Crippen molar-refractivity contribution in [1.82, 2.24) is 4.83 Å². The lowest BCUT2D eigenvalue weighted by molar-refractivity contribution is 0.332. The third kappa shape index (κ3) is 5.28. The van der Waals surface area contributed by atoms with Gasteiger partial charge in [-0.3, -0.25) is 0 Å². The van der Waals surface area contributed by atoms with E-state index in [0.717, 1.165) is 49.8 Å². The van der Waals surface area contributed by atoms with Gasteiger partial charge in [0.1, 0.15) is 0 Å². The molecule has 1 fully saturated rings. The van der Waals surface area contributed by atoms with Crippen molar-refractivity contribution in [3.63, 3.8) is 0 Å². The molecule has 0 spiro atoms. The molecule has 0 unspecified atom stereocenters. The van der Waals surface area contributed by atoms with Gasteiger partial charge < -0.3 is 0 Å². The van der Waals surface area contributed by atoms with E-state index in [4.69, 9.17) is 0 Å². The molecule has 0 amide bonds. The van der Waals surface area contributed by atoms with Gasteiger partial charge in [0.05, 0.1) is 4.90 Å². The summed E-state index contributed by atoms with van der Waals surface area (Å²) in [5, 5.41) is 4.58. The number of hydrogen-bond donors (Lipinski definition) is 1. The number of sulfonamides is 1. The maximum atomic E-state index is 12.9. The summed E-state index contributed by atoms with van der Waals surface area (Å²) in [6.45, 7) is 1.94. The fourth-order valence-electron chi connectivity index (χ4n) is 4.64. The highest BCUT2D eigenvalue weighted by Gasteiger charge is 2.38. The normalized spacial score (nSPS) is 17.2. The molecule has 1 saturated carbocycles. The first kappa shape index (κ1) is 22.3. The molecule has 0 saturated heterocycles. The van der Waals surface area contributed by atoms with Gasteiger partial charge in [-0.15, -0.1) is 0 Å². The van der Waals surface area contributed by atoms with Gasteiger partial charge in [0.15, 0.2) is 0 Å². The third-order valence-electron chi connectivity index (χ3n) is 6.33. The van der Waals surface area contributed by atoms with Gasteiger partial charge >= 0.3 is 0 Å². The molecular weight excluding hydrogens is 416 g/mol. The number of aryl methyl sites for hydroxylation is 1. The van der Waals surface area contributed by atoms with Crippen molar-refractivity contribution in [2.45, 2.75) is 50.3 Å². The lowest BCUT2D eigenvalue weighted by atomic mass is 9.65. The number of benzene rings is 3. The van der Waals surface area contributed by atoms with Crippen LogP contribution in [0.25, 0.3) is 0 Å². The topological polar surface area (TPSA) is 58.5 Å². The van der Waals surface area contributed by atoms with Crippen LogP contribution < -0.4 is 4.83 Å². The predicted molar refractivity (Wildman–Crippen MR) is 130 cm³/mol. The Balaban J connectivity index is 1.68. The molecular formula is C27H30N2O2S. The van der Waals surface area contributed by atoms with Crippen molar-refractivity contribution >= 4 is 15.7 Å². The zero-order chi connectivity index (χ0) is 22.4. The molecule has 4 nitrogen and oxygen atoms in total. The van der Waals surface area contributed by atoms with Gasteiger partial charge in [-0.1, -0.05) is 84.8 Å². The zero-order valence-corrected chi connectivity index (χ0v) is 19.3. The molecule has 0 aromatic heterocycles. The lowest BCUT2D eigenvalue weighted by Crippen LogP contribution is -2.40. The summed E-state index contributed by atoms with van der Waals surface area (Å²) >= 11 is 0. The van der Waals surface area contributed by atoms with Gasteiger partial charge in [-0.05, 0) is 62.3 Å². The summed E-state index contributed by atoms with van der Waals surface area (Å²) in [4.78, 5) is 2.79. The Morgan fingerprint density at radius 3 is 1.94 bits per heavy atom. The van der Waals surface area contributed by atoms with Crippen LogP contribution in [0, 0.1) is 12.3 Å². The van der Waals surface area contributed by atoms with Gasteiger partial charge in [-0.2, -0.15) is 13.5 Å². The molecule has 4 rings (SSSR count). The maximum absolute atomic E-state index is 12.9. The predicted octanol–water partition coefficient (Wildman–Crippen LogP) is 5.68. The molecule has 1 aliphatic rings. The third-order valence-corrected chi connectivity index (χ3v) is 7.56. The number of rotatable bonds is 7. The van der Waals surface area contributed by atoms with Gasteiger partial charge in [-0.25, -0.2) is 4.83 Å². The molecule has 3 aromatic carbocycles. The van der Waals surface area contributed by atoms with Crippen LogP contribution in [0.15, 0.2) is 94.9 Å². The molecule has 0 bridgehead atoms. The van der Waals surface area contributed by atoms with Crippen molar-refractivity contribution in [1.29, 1.82) is 0 Å². The summed E-state index contributed by atoms with van der Waals surface area (Å²) in [5.41, 5.74) is 4.26. The van der Waals surface area contributed by atoms with Crippen LogP contribution in [-0.4, -0.2) is 14.1 Å². The minimum atomic E-state index is -3.71. The Morgan fingerprint density at radius 2 is 1.38 bits per heavy atom. The molecule has 0 heterocycles. The largest absolute Gasteiger partial charge is 0.276 e. The van der Waals surface area contributed by atoms with Crippen LogP contribution in [0.4, 0.5) is 0 Å². The summed E-state index contributed by atoms with van der Waals surface area (Å²) in [7, 11) is -3.71. The molecule has 5 heteroatoms. The summed E-state index contributed by atoms with van der Waals surface area (Å²) in [6.07, 6.45) is 5.61. The summed E-state index contributed by atoms with van der Waals surface area (Å²) < 4.78 is 25.8. The van der Waals surface area contributed by atoms with Crippen LogP contribution in [0.1, 0.15) is 42.4 Å². The van der Waals surface area contributed by atoms with Crippen molar-refractivity contribution < 1.29 is 8.42 Å². The first-order valence-electron chi connectivity index (χ1n) is 11.2. The van der Waals surface area contributed by atoms with E-state index in [1.807, 2.05) is 19.1 Å². The number of nitrogens with one attached hydrogen (secondary N) is 1. The van der Waals surface area contributed by atoms with E-state index in [0.29, 0.717) is 0 Å². The van der Waals surface area contributed by atoms with Crippen LogP contribution in [0.5, 0.6) is 0 Å².